The molecule has 1 aromatic heterocycles. The van der Waals surface area contributed by atoms with E-state index in [0.717, 1.165) is 22.5 Å². The summed E-state index contributed by atoms with van der Waals surface area (Å²) in [5.41, 5.74) is 1.44. The van der Waals surface area contributed by atoms with Gasteiger partial charge in [-0.15, -0.1) is 0 Å². The molecule has 0 saturated carbocycles. The number of methoxy groups -OCH3 is 1. The zero-order valence-electron chi connectivity index (χ0n) is 14.2. The van der Waals surface area contributed by atoms with Crippen LogP contribution in [0.3, 0.4) is 0 Å². The number of nitro groups is 1. The van der Waals surface area contributed by atoms with Crippen molar-refractivity contribution in [2.75, 3.05) is 7.11 Å². The molecule has 9 heteroatoms. The zero-order chi connectivity index (χ0) is 18.9. The molecule has 8 nitrogen and oxygen atoms in total. The number of aromatic nitrogens is 1. The van der Waals surface area contributed by atoms with E-state index in [0.29, 0.717) is 5.75 Å². The second-order valence-corrected chi connectivity index (χ2v) is 7.49. The standard InChI is InChI=1S/C17H17N3O5S/c1-19-11-12(16-9-14(25-2)6-7-17(16)19)10-18-26(23,24)15-5-3-4-13(8-15)20(21)22/h3-9,11,18H,10H2,1-2H3. The van der Waals surface area contributed by atoms with Gasteiger partial charge >= 0.3 is 0 Å². The Balaban J connectivity index is 1.89. The van der Waals surface area contributed by atoms with E-state index in [9.17, 15) is 18.5 Å². The van der Waals surface area contributed by atoms with Crippen LogP contribution < -0.4 is 9.46 Å². The summed E-state index contributed by atoms with van der Waals surface area (Å²) >= 11 is 0. The summed E-state index contributed by atoms with van der Waals surface area (Å²) in [5, 5.41) is 11.7. The molecule has 3 rings (SSSR count). The molecule has 0 aliphatic carbocycles. The Kier molecular flexibility index (Phi) is 4.66. The Morgan fingerprint density at radius 1 is 1.23 bits per heavy atom. The highest BCUT2D eigenvalue weighted by molar-refractivity contribution is 7.89. The van der Waals surface area contributed by atoms with Crippen molar-refractivity contribution in [3.63, 3.8) is 0 Å². The Bertz CT molecular complexity index is 1090. The Morgan fingerprint density at radius 2 is 2.00 bits per heavy atom. The summed E-state index contributed by atoms with van der Waals surface area (Å²) in [6, 6.07) is 10.5. The third-order valence-corrected chi connectivity index (χ3v) is 5.47. The van der Waals surface area contributed by atoms with E-state index in [1.807, 2.05) is 36.0 Å². The average Bonchev–Trinajstić information content (AvgIpc) is 2.95. The Labute approximate surface area is 150 Å². The number of benzene rings is 2. The van der Waals surface area contributed by atoms with Gasteiger partial charge in [-0.1, -0.05) is 6.07 Å². The van der Waals surface area contributed by atoms with Gasteiger partial charge in [0.15, 0.2) is 0 Å². The van der Waals surface area contributed by atoms with Crippen molar-refractivity contribution in [1.82, 2.24) is 9.29 Å². The van der Waals surface area contributed by atoms with Gasteiger partial charge in [0.2, 0.25) is 10.0 Å². The van der Waals surface area contributed by atoms with Crippen molar-refractivity contribution in [3.05, 3.63) is 64.3 Å². The van der Waals surface area contributed by atoms with Crippen LogP contribution in [0.5, 0.6) is 5.75 Å². The van der Waals surface area contributed by atoms with E-state index in [-0.39, 0.29) is 17.1 Å². The van der Waals surface area contributed by atoms with E-state index in [1.165, 1.54) is 18.2 Å². The number of rotatable bonds is 6. The number of fused-ring (bicyclic) bond motifs is 1. The summed E-state index contributed by atoms with van der Waals surface area (Å²) < 4.78 is 34.6. The summed E-state index contributed by atoms with van der Waals surface area (Å²) in [5.74, 6) is 0.673. The minimum absolute atomic E-state index is 0.0511. The minimum Gasteiger partial charge on any atom is -0.497 e. The molecule has 0 radical (unpaired) electrons. The molecule has 0 amide bonds. The van der Waals surface area contributed by atoms with Crippen LogP contribution in [0.4, 0.5) is 5.69 Å². The zero-order valence-corrected chi connectivity index (χ0v) is 15.0. The molecule has 1 heterocycles. The number of aryl methyl sites for hydroxylation is 1. The smallest absolute Gasteiger partial charge is 0.270 e. The van der Waals surface area contributed by atoms with Crippen LogP contribution in [0.25, 0.3) is 10.9 Å². The number of hydrogen-bond acceptors (Lipinski definition) is 5. The van der Waals surface area contributed by atoms with E-state index < -0.39 is 14.9 Å². The fourth-order valence-corrected chi connectivity index (χ4v) is 3.79. The second kappa shape index (κ2) is 6.77. The lowest BCUT2D eigenvalue weighted by Gasteiger charge is -2.07. The van der Waals surface area contributed by atoms with E-state index in [2.05, 4.69) is 4.72 Å². The van der Waals surface area contributed by atoms with E-state index >= 15 is 0 Å². The first-order chi connectivity index (χ1) is 12.3. The van der Waals surface area contributed by atoms with E-state index in [4.69, 9.17) is 4.74 Å². The molecule has 0 atom stereocenters. The van der Waals surface area contributed by atoms with Crippen molar-refractivity contribution >= 4 is 26.6 Å². The molecule has 2 aromatic carbocycles. The molecule has 3 aromatic rings. The van der Waals surface area contributed by atoms with Crippen LogP contribution in [-0.4, -0.2) is 25.0 Å². The summed E-state index contributed by atoms with van der Waals surface area (Å²) in [6.07, 6.45) is 1.83. The van der Waals surface area contributed by atoms with Gasteiger partial charge in [-0.05, 0) is 29.8 Å². The Morgan fingerprint density at radius 3 is 2.69 bits per heavy atom. The van der Waals surface area contributed by atoms with Gasteiger partial charge in [0.05, 0.1) is 16.9 Å². The molecule has 0 aliphatic rings. The van der Waals surface area contributed by atoms with Gasteiger partial charge in [-0.2, -0.15) is 0 Å². The topological polar surface area (TPSA) is 103 Å². The molecule has 0 aliphatic heterocycles. The number of non-ortho nitro benzene ring substituents is 1. The van der Waals surface area contributed by atoms with Crippen LogP contribution in [0.2, 0.25) is 0 Å². The van der Waals surface area contributed by atoms with Crippen molar-refractivity contribution < 1.29 is 18.1 Å². The van der Waals surface area contributed by atoms with Gasteiger partial charge in [0.25, 0.3) is 5.69 Å². The normalized spacial score (nSPS) is 11.6. The van der Waals surface area contributed by atoms with E-state index in [1.54, 1.807) is 7.11 Å². The second-order valence-electron chi connectivity index (χ2n) is 5.73. The first-order valence-corrected chi connectivity index (χ1v) is 9.16. The predicted molar refractivity (Wildman–Crippen MR) is 96.6 cm³/mol. The van der Waals surface area contributed by atoms with Crippen molar-refractivity contribution in [2.24, 2.45) is 7.05 Å². The number of nitro benzene ring substituents is 1. The summed E-state index contributed by atoms with van der Waals surface area (Å²) in [7, 11) is -0.452. The van der Waals surface area contributed by atoms with Gasteiger partial charge in [0, 0.05) is 42.8 Å². The number of nitrogens with one attached hydrogen (secondary N) is 1. The third kappa shape index (κ3) is 3.39. The van der Waals surface area contributed by atoms with Crippen molar-refractivity contribution in [2.45, 2.75) is 11.4 Å². The number of ether oxygens (including phenoxy) is 1. The SMILES string of the molecule is COc1ccc2c(c1)c(CNS(=O)(=O)c1cccc([N+](=O)[O-])c1)cn2C. The number of sulfonamides is 1. The van der Waals surface area contributed by atoms with Crippen molar-refractivity contribution in [1.29, 1.82) is 0 Å². The third-order valence-electron chi connectivity index (χ3n) is 4.07. The number of nitrogens with zero attached hydrogens (tertiary/aromatic N) is 2. The predicted octanol–water partition coefficient (Wildman–Crippen LogP) is 2.57. The van der Waals surface area contributed by atoms with Gasteiger partial charge in [-0.25, -0.2) is 13.1 Å². The molecule has 1 N–H and O–H groups in total. The van der Waals surface area contributed by atoms with Crippen molar-refractivity contribution in [3.8, 4) is 5.75 Å². The maximum atomic E-state index is 12.5. The quantitative estimate of drug-likeness (QED) is 0.527. The lowest BCUT2D eigenvalue weighted by Crippen LogP contribution is -2.23. The molecule has 0 spiro atoms. The maximum absolute atomic E-state index is 12.5. The highest BCUT2D eigenvalue weighted by Crippen LogP contribution is 2.26. The average molecular weight is 375 g/mol. The molecular weight excluding hydrogens is 358 g/mol. The largest absolute Gasteiger partial charge is 0.497 e. The first kappa shape index (κ1) is 17.9. The van der Waals surface area contributed by atoms with Crippen LogP contribution in [0.1, 0.15) is 5.56 Å². The molecule has 0 bridgehead atoms. The van der Waals surface area contributed by atoms with Crippen LogP contribution in [-0.2, 0) is 23.6 Å². The van der Waals surface area contributed by atoms with Gasteiger partial charge in [0.1, 0.15) is 5.75 Å². The highest BCUT2D eigenvalue weighted by atomic mass is 32.2. The molecule has 136 valence electrons. The lowest BCUT2D eigenvalue weighted by molar-refractivity contribution is -0.385. The molecule has 0 unspecified atom stereocenters. The number of hydrogen-bond donors (Lipinski definition) is 1. The first-order valence-electron chi connectivity index (χ1n) is 7.68. The minimum atomic E-state index is -3.88. The van der Waals surface area contributed by atoms with Gasteiger partial charge in [-0.3, -0.25) is 10.1 Å². The Hall–Kier alpha value is -2.91. The fourth-order valence-electron chi connectivity index (χ4n) is 2.74. The van der Waals surface area contributed by atoms with Crippen LogP contribution in [0, 0.1) is 10.1 Å². The monoisotopic (exact) mass is 375 g/mol. The summed E-state index contributed by atoms with van der Waals surface area (Å²) in [4.78, 5) is 10.1. The molecule has 0 saturated heterocycles. The van der Waals surface area contributed by atoms with Gasteiger partial charge < -0.3 is 9.30 Å². The highest BCUT2D eigenvalue weighted by Gasteiger charge is 2.18. The molecular formula is C17H17N3O5S. The fraction of sp³-hybridized carbons (Fsp3) is 0.176. The van der Waals surface area contributed by atoms with Crippen LogP contribution >= 0.6 is 0 Å². The van der Waals surface area contributed by atoms with Crippen LogP contribution in [0.15, 0.2) is 53.6 Å². The summed E-state index contributed by atoms with van der Waals surface area (Å²) in [6.45, 7) is 0.0511. The lowest BCUT2D eigenvalue weighted by atomic mass is 10.1. The molecule has 26 heavy (non-hydrogen) atoms. The molecule has 0 fully saturated rings. The maximum Gasteiger partial charge on any atom is 0.270 e.